The van der Waals surface area contributed by atoms with Gasteiger partial charge in [-0.2, -0.15) is 0 Å². The van der Waals surface area contributed by atoms with E-state index in [1.54, 1.807) is 4.90 Å². The van der Waals surface area contributed by atoms with Crippen molar-refractivity contribution in [2.45, 2.75) is 20.8 Å². The van der Waals surface area contributed by atoms with E-state index < -0.39 is 0 Å². The van der Waals surface area contributed by atoms with E-state index in [9.17, 15) is 4.79 Å². The Bertz CT molecular complexity index is 961. The number of nitrogens with one attached hydrogen (secondary N) is 1. The molecule has 7 heteroatoms. The summed E-state index contributed by atoms with van der Waals surface area (Å²) in [5.74, 6) is 1.41. The lowest BCUT2D eigenvalue weighted by atomic mass is 10.2. The molecule has 0 bridgehead atoms. The van der Waals surface area contributed by atoms with Gasteiger partial charge in [0.15, 0.2) is 16.6 Å². The van der Waals surface area contributed by atoms with Crippen LogP contribution in [-0.4, -0.2) is 33.8 Å². The first-order valence-electron chi connectivity index (χ1n) is 8.43. The van der Waals surface area contributed by atoms with Crippen LogP contribution in [0.2, 0.25) is 0 Å². The van der Waals surface area contributed by atoms with E-state index in [0.29, 0.717) is 17.4 Å². The summed E-state index contributed by atoms with van der Waals surface area (Å²) >= 11 is 5.22. The highest BCUT2D eigenvalue weighted by Crippen LogP contribution is 2.35. The molecule has 0 spiro atoms. The van der Waals surface area contributed by atoms with Crippen molar-refractivity contribution in [3.05, 3.63) is 46.9 Å². The zero-order valence-corrected chi connectivity index (χ0v) is 15.6. The Balaban J connectivity index is 1.73. The number of aryl methyl sites for hydroxylation is 1. The van der Waals surface area contributed by atoms with Crippen LogP contribution in [0, 0.1) is 13.8 Å². The lowest BCUT2D eigenvalue weighted by Crippen LogP contribution is -2.30. The summed E-state index contributed by atoms with van der Waals surface area (Å²) in [6.07, 6.45) is 1.86. The highest BCUT2D eigenvalue weighted by Gasteiger charge is 2.29. The smallest absolute Gasteiger partial charge is 0.276 e. The summed E-state index contributed by atoms with van der Waals surface area (Å²) in [7, 11) is 0. The minimum absolute atomic E-state index is 0.0922. The Morgan fingerprint density at radius 3 is 2.73 bits per heavy atom. The zero-order valence-electron chi connectivity index (χ0n) is 14.8. The molecular weight excluding hydrogens is 350 g/mol. The van der Waals surface area contributed by atoms with Crippen LogP contribution in [0.3, 0.4) is 0 Å². The molecule has 0 unspecified atom stereocenters. The van der Waals surface area contributed by atoms with Crippen molar-refractivity contribution in [1.82, 2.24) is 14.8 Å². The fraction of sp³-hybridized carbons (Fsp3) is 0.263. The Morgan fingerprint density at radius 2 is 2.00 bits per heavy atom. The molecule has 1 amide bonds. The molecule has 26 heavy (non-hydrogen) atoms. The maximum Gasteiger partial charge on any atom is 0.276 e. The van der Waals surface area contributed by atoms with Gasteiger partial charge in [-0.15, -0.1) is 0 Å². The molecule has 134 valence electrons. The molecule has 1 saturated heterocycles. The second kappa shape index (κ2) is 6.17. The average molecular weight is 369 g/mol. The van der Waals surface area contributed by atoms with Crippen molar-refractivity contribution >= 4 is 29.3 Å². The first-order chi connectivity index (χ1) is 12.5. The Hall–Kier alpha value is -2.80. The number of carbonyl (C=O) groups excluding carboxylic acids is 1. The fourth-order valence-electron chi connectivity index (χ4n) is 3.37. The van der Waals surface area contributed by atoms with Gasteiger partial charge in [-0.05, 0) is 62.8 Å². The number of likely N-dealkylation sites (N-methyl/N-ethyl adjacent to an activating group) is 1. The highest BCUT2D eigenvalue weighted by atomic mass is 32.1. The molecule has 1 aromatic heterocycles. The summed E-state index contributed by atoms with van der Waals surface area (Å²) in [6.45, 7) is 6.77. The third-order valence-corrected chi connectivity index (χ3v) is 4.99. The van der Waals surface area contributed by atoms with Gasteiger partial charge in [0, 0.05) is 29.7 Å². The molecule has 1 fully saturated rings. The number of ether oxygens (including phenoxy) is 2. The number of carbonyl (C=O) groups is 1. The lowest BCUT2D eigenvalue weighted by Gasteiger charge is -2.10. The fourth-order valence-corrected chi connectivity index (χ4v) is 3.69. The van der Waals surface area contributed by atoms with Gasteiger partial charge in [0.25, 0.3) is 5.91 Å². The SMILES string of the molecule is CCN1C(=O)C(=Cc2cc(C)n(-c3ccc4c(c3)OCO4)c2C)NC1=S. The number of hydrogen-bond donors (Lipinski definition) is 1. The summed E-state index contributed by atoms with van der Waals surface area (Å²) in [6, 6.07) is 7.93. The maximum absolute atomic E-state index is 12.4. The molecular formula is C19H19N3O3S. The van der Waals surface area contributed by atoms with E-state index in [-0.39, 0.29) is 12.7 Å². The third kappa shape index (κ3) is 2.55. The van der Waals surface area contributed by atoms with Crippen molar-refractivity contribution < 1.29 is 14.3 Å². The quantitative estimate of drug-likeness (QED) is 0.666. The van der Waals surface area contributed by atoms with E-state index >= 15 is 0 Å². The van der Waals surface area contributed by atoms with Gasteiger partial charge in [0.1, 0.15) is 5.70 Å². The first kappa shape index (κ1) is 16.7. The number of fused-ring (bicyclic) bond motifs is 1. The van der Waals surface area contributed by atoms with E-state index in [1.807, 2.05) is 45.0 Å². The van der Waals surface area contributed by atoms with Crippen LogP contribution >= 0.6 is 12.2 Å². The minimum Gasteiger partial charge on any atom is -0.454 e. The van der Waals surface area contributed by atoms with Crippen LogP contribution in [0.5, 0.6) is 11.5 Å². The second-order valence-corrected chi connectivity index (χ2v) is 6.62. The van der Waals surface area contributed by atoms with E-state index in [4.69, 9.17) is 21.7 Å². The number of nitrogens with zero attached hydrogens (tertiary/aromatic N) is 2. The minimum atomic E-state index is -0.0922. The van der Waals surface area contributed by atoms with Crippen molar-refractivity contribution in [2.75, 3.05) is 13.3 Å². The van der Waals surface area contributed by atoms with Gasteiger partial charge < -0.3 is 19.4 Å². The van der Waals surface area contributed by atoms with Crippen LogP contribution in [-0.2, 0) is 4.79 Å². The van der Waals surface area contributed by atoms with Crippen molar-refractivity contribution in [3.63, 3.8) is 0 Å². The lowest BCUT2D eigenvalue weighted by molar-refractivity contribution is -0.122. The van der Waals surface area contributed by atoms with E-state index in [0.717, 1.165) is 34.1 Å². The van der Waals surface area contributed by atoms with Crippen molar-refractivity contribution in [3.8, 4) is 17.2 Å². The number of rotatable bonds is 3. The van der Waals surface area contributed by atoms with Gasteiger partial charge in [-0.25, -0.2) is 0 Å². The molecule has 6 nitrogen and oxygen atoms in total. The largest absolute Gasteiger partial charge is 0.454 e. The summed E-state index contributed by atoms with van der Waals surface area (Å²) in [5.41, 5.74) is 4.56. The number of benzene rings is 1. The Morgan fingerprint density at radius 1 is 1.23 bits per heavy atom. The van der Waals surface area contributed by atoms with Crippen LogP contribution in [0.15, 0.2) is 30.0 Å². The van der Waals surface area contributed by atoms with Gasteiger partial charge in [-0.1, -0.05) is 0 Å². The molecule has 0 aliphatic carbocycles. The first-order valence-corrected chi connectivity index (χ1v) is 8.84. The molecule has 1 N–H and O–H groups in total. The van der Waals surface area contributed by atoms with Gasteiger partial charge in [-0.3, -0.25) is 9.69 Å². The molecule has 2 aromatic rings. The van der Waals surface area contributed by atoms with Crippen LogP contribution < -0.4 is 14.8 Å². The number of hydrogen-bond acceptors (Lipinski definition) is 4. The topological polar surface area (TPSA) is 55.7 Å². The predicted molar refractivity (Wildman–Crippen MR) is 102 cm³/mol. The molecule has 1 aromatic carbocycles. The Kier molecular flexibility index (Phi) is 3.96. The summed E-state index contributed by atoms with van der Waals surface area (Å²) in [4.78, 5) is 14.0. The van der Waals surface area contributed by atoms with E-state index in [2.05, 4.69) is 16.0 Å². The van der Waals surface area contributed by atoms with Crippen LogP contribution in [0.1, 0.15) is 23.9 Å². The van der Waals surface area contributed by atoms with Crippen LogP contribution in [0.25, 0.3) is 11.8 Å². The molecule has 2 aliphatic heterocycles. The second-order valence-electron chi connectivity index (χ2n) is 6.24. The van der Waals surface area contributed by atoms with Crippen molar-refractivity contribution in [2.24, 2.45) is 0 Å². The zero-order chi connectivity index (χ0) is 18.4. The number of thiocarbonyl (C=S) groups is 1. The molecule has 0 atom stereocenters. The Labute approximate surface area is 157 Å². The van der Waals surface area contributed by atoms with E-state index in [1.165, 1.54) is 0 Å². The van der Waals surface area contributed by atoms with Crippen LogP contribution in [0.4, 0.5) is 0 Å². The van der Waals surface area contributed by atoms with Gasteiger partial charge in [0.2, 0.25) is 6.79 Å². The number of aromatic nitrogens is 1. The standard InChI is InChI=1S/C19H19N3O3S/c1-4-21-18(23)15(20-19(21)26)8-13-7-11(2)22(12(13)3)14-5-6-16-17(9-14)25-10-24-16/h5-9H,4,10H2,1-3H3,(H,20,26). The molecule has 0 radical (unpaired) electrons. The molecule has 2 aliphatic rings. The maximum atomic E-state index is 12.4. The number of amides is 1. The average Bonchev–Trinajstić information content (AvgIpc) is 3.25. The van der Waals surface area contributed by atoms with Gasteiger partial charge >= 0.3 is 0 Å². The predicted octanol–water partition coefficient (Wildman–Crippen LogP) is 2.90. The molecule has 0 saturated carbocycles. The third-order valence-electron chi connectivity index (χ3n) is 4.66. The normalized spacial score (nSPS) is 17.3. The monoisotopic (exact) mass is 369 g/mol. The van der Waals surface area contributed by atoms with Gasteiger partial charge in [0.05, 0.1) is 0 Å². The summed E-state index contributed by atoms with van der Waals surface area (Å²) in [5, 5.41) is 3.46. The molecule has 4 rings (SSSR count). The highest BCUT2D eigenvalue weighted by molar-refractivity contribution is 7.80. The van der Waals surface area contributed by atoms with Crippen molar-refractivity contribution in [1.29, 1.82) is 0 Å². The molecule has 3 heterocycles. The summed E-state index contributed by atoms with van der Waals surface area (Å²) < 4.78 is 13.0.